The van der Waals surface area contributed by atoms with Gasteiger partial charge in [-0.05, 0) is 19.3 Å². The van der Waals surface area contributed by atoms with Crippen molar-refractivity contribution in [2.75, 3.05) is 0 Å². The van der Waals surface area contributed by atoms with Crippen LogP contribution in [0.3, 0.4) is 0 Å². The van der Waals surface area contributed by atoms with Gasteiger partial charge in [0.2, 0.25) is 0 Å². The Hall–Kier alpha value is -0.0831. The van der Waals surface area contributed by atoms with E-state index in [4.69, 9.17) is 0 Å². The van der Waals surface area contributed by atoms with E-state index in [1.165, 1.54) is 5.20 Å². The van der Waals surface area contributed by atoms with Crippen molar-refractivity contribution in [3.05, 3.63) is 11.3 Å². The van der Waals surface area contributed by atoms with Gasteiger partial charge in [0.05, 0.1) is 14.2 Å². The lowest BCUT2D eigenvalue weighted by Gasteiger charge is -2.26. The highest BCUT2D eigenvalue weighted by Crippen LogP contribution is 2.22. The van der Waals surface area contributed by atoms with Crippen molar-refractivity contribution >= 4 is 8.07 Å². The highest BCUT2D eigenvalue weighted by molar-refractivity contribution is 6.83. The summed E-state index contributed by atoms with van der Waals surface area (Å²) in [5.41, 5.74) is 0. The van der Waals surface area contributed by atoms with E-state index in [0.29, 0.717) is 5.92 Å². The van der Waals surface area contributed by atoms with Crippen LogP contribution < -0.4 is 0 Å². The van der Waals surface area contributed by atoms with Gasteiger partial charge in [-0.1, -0.05) is 44.8 Å². The van der Waals surface area contributed by atoms with Gasteiger partial charge in [-0.3, -0.25) is 0 Å². The predicted molar refractivity (Wildman–Crippen MR) is 62.6 cm³/mol. The zero-order valence-electron chi connectivity index (χ0n) is 9.89. The van der Waals surface area contributed by atoms with Crippen LogP contribution in [-0.4, -0.2) is 19.3 Å². The molecule has 0 amide bonds. The van der Waals surface area contributed by atoms with Crippen LogP contribution in [0.5, 0.6) is 0 Å². The number of rotatable bonds is 4. The van der Waals surface area contributed by atoms with Crippen LogP contribution in [-0.2, 0) is 0 Å². The second kappa shape index (κ2) is 4.96. The van der Waals surface area contributed by atoms with Crippen molar-refractivity contribution in [1.29, 1.82) is 0 Å². The Bertz CT molecular complexity index is 177. The second-order valence-electron chi connectivity index (χ2n) is 5.14. The molecule has 0 rings (SSSR count). The zero-order valence-corrected chi connectivity index (χ0v) is 10.9. The maximum absolute atomic E-state index is 9.98. The average molecular weight is 200 g/mol. The summed E-state index contributed by atoms with van der Waals surface area (Å²) in [5.74, 6) is 0.571. The molecule has 0 heterocycles. The first-order chi connectivity index (χ1) is 5.79. The monoisotopic (exact) mass is 200 g/mol. The highest BCUT2D eigenvalue weighted by atomic mass is 28.3. The van der Waals surface area contributed by atoms with Gasteiger partial charge in [-0.2, -0.15) is 0 Å². The Balaban J connectivity index is 4.44. The minimum Gasteiger partial charge on any atom is -0.389 e. The topological polar surface area (TPSA) is 20.2 Å². The lowest BCUT2D eigenvalue weighted by atomic mass is 10.1. The van der Waals surface area contributed by atoms with E-state index in [2.05, 4.69) is 39.6 Å². The number of allylic oxidation sites excluding steroid dienone is 1. The summed E-state index contributed by atoms with van der Waals surface area (Å²) in [6.45, 7) is 13.2. The molecule has 0 saturated carbocycles. The van der Waals surface area contributed by atoms with Gasteiger partial charge < -0.3 is 5.11 Å². The van der Waals surface area contributed by atoms with E-state index in [-0.39, 0.29) is 6.10 Å². The smallest absolute Gasteiger partial charge is 0.0753 e. The quantitative estimate of drug-likeness (QED) is 0.691. The van der Waals surface area contributed by atoms with Gasteiger partial charge in [0.25, 0.3) is 0 Å². The van der Waals surface area contributed by atoms with Crippen molar-refractivity contribution in [3.63, 3.8) is 0 Å². The van der Waals surface area contributed by atoms with Crippen LogP contribution in [0.25, 0.3) is 0 Å². The molecule has 0 aromatic rings. The third-order valence-corrected chi connectivity index (χ3v) is 4.58. The third-order valence-electron chi connectivity index (χ3n) is 2.23. The summed E-state index contributed by atoms with van der Waals surface area (Å²) in [7, 11) is -1.31. The normalized spacial score (nSPS) is 16.5. The molecule has 0 aromatic heterocycles. The van der Waals surface area contributed by atoms with Gasteiger partial charge in [0, 0.05) is 0 Å². The third kappa shape index (κ3) is 4.63. The van der Waals surface area contributed by atoms with Crippen LogP contribution in [0.2, 0.25) is 19.6 Å². The summed E-state index contributed by atoms with van der Waals surface area (Å²) < 4.78 is 0. The molecule has 1 atom stereocenters. The minimum atomic E-state index is -1.31. The lowest BCUT2D eigenvalue weighted by molar-refractivity contribution is 0.189. The molecule has 2 heteroatoms. The largest absolute Gasteiger partial charge is 0.389 e. The van der Waals surface area contributed by atoms with Crippen LogP contribution >= 0.6 is 0 Å². The summed E-state index contributed by atoms with van der Waals surface area (Å²) in [6.07, 6.45) is 2.79. The fraction of sp³-hybridized carbons (Fsp3) is 0.818. The second-order valence-corrected chi connectivity index (χ2v) is 10.2. The number of hydrogen-bond donors (Lipinski definition) is 1. The molecular weight excluding hydrogens is 176 g/mol. The lowest BCUT2D eigenvalue weighted by Crippen LogP contribution is -2.32. The Labute approximate surface area is 83.9 Å². The zero-order chi connectivity index (χ0) is 10.6. The molecule has 78 valence electrons. The molecule has 0 aliphatic rings. The molecule has 0 radical (unpaired) electrons. The molecule has 0 saturated heterocycles. The van der Waals surface area contributed by atoms with Gasteiger partial charge in [-0.25, -0.2) is 0 Å². The van der Waals surface area contributed by atoms with Crippen molar-refractivity contribution in [3.8, 4) is 0 Å². The van der Waals surface area contributed by atoms with Crippen LogP contribution in [0.4, 0.5) is 0 Å². The molecule has 1 N–H and O–H groups in total. The first-order valence-electron chi connectivity index (χ1n) is 5.13. The van der Waals surface area contributed by atoms with Crippen molar-refractivity contribution < 1.29 is 5.11 Å². The van der Waals surface area contributed by atoms with Gasteiger partial charge in [0.15, 0.2) is 0 Å². The molecule has 0 fully saturated rings. The maximum atomic E-state index is 9.98. The minimum absolute atomic E-state index is 0.211. The first-order valence-corrected chi connectivity index (χ1v) is 8.63. The van der Waals surface area contributed by atoms with E-state index in [9.17, 15) is 5.11 Å². The van der Waals surface area contributed by atoms with E-state index >= 15 is 0 Å². The summed E-state index contributed by atoms with van der Waals surface area (Å²) >= 11 is 0. The van der Waals surface area contributed by atoms with Gasteiger partial charge in [0.1, 0.15) is 0 Å². The molecule has 13 heavy (non-hydrogen) atoms. The SMILES string of the molecule is C/C=C(/C(O)CC(C)C)[Si](C)(C)C. The van der Waals surface area contributed by atoms with Crippen LogP contribution in [0, 0.1) is 5.92 Å². The Kier molecular flexibility index (Phi) is 4.93. The van der Waals surface area contributed by atoms with E-state index < -0.39 is 8.07 Å². The number of hydrogen-bond acceptors (Lipinski definition) is 1. The first kappa shape index (κ1) is 12.9. The molecule has 0 aliphatic heterocycles. The molecule has 0 aliphatic carbocycles. The molecule has 0 aromatic carbocycles. The highest BCUT2D eigenvalue weighted by Gasteiger charge is 2.25. The van der Waals surface area contributed by atoms with Crippen molar-refractivity contribution in [1.82, 2.24) is 0 Å². The Morgan fingerprint density at radius 1 is 1.31 bits per heavy atom. The summed E-state index contributed by atoms with van der Waals surface area (Å²) in [4.78, 5) is 0. The molecule has 0 spiro atoms. The van der Waals surface area contributed by atoms with Crippen molar-refractivity contribution in [2.24, 2.45) is 5.92 Å². The molecular formula is C11H24OSi. The standard InChI is InChI=1S/C11H24OSi/c1-7-11(13(4,5)6)10(12)8-9(2)3/h7,9-10,12H,8H2,1-6H3/b11-7-. The number of aliphatic hydroxyl groups excluding tert-OH is 1. The Morgan fingerprint density at radius 3 is 2.00 bits per heavy atom. The molecule has 1 nitrogen and oxygen atoms in total. The fourth-order valence-electron chi connectivity index (χ4n) is 1.70. The Morgan fingerprint density at radius 2 is 1.77 bits per heavy atom. The van der Waals surface area contributed by atoms with E-state index in [0.717, 1.165) is 6.42 Å². The van der Waals surface area contributed by atoms with Gasteiger partial charge in [-0.15, -0.1) is 0 Å². The van der Waals surface area contributed by atoms with Crippen LogP contribution in [0.15, 0.2) is 11.3 Å². The molecule has 0 bridgehead atoms. The summed E-state index contributed by atoms with van der Waals surface area (Å²) in [6, 6.07) is 0. The predicted octanol–water partition coefficient (Wildman–Crippen LogP) is 3.22. The number of aliphatic hydroxyl groups is 1. The van der Waals surface area contributed by atoms with Crippen LogP contribution in [0.1, 0.15) is 27.2 Å². The fourth-order valence-corrected chi connectivity index (χ4v) is 3.68. The maximum Gasteiger partial charge on any atom is 0.0753 e. The average Bonchev–Trinajstić information content (AvgIpc) is 1.82. The van der Waals surface area contributed by atoms with Gasteiger partial charge >= 0.3 is 0 Å². The summed E-state index contributed by atoms with van der Waals surface area (Å²) in [5, 5.41) is 11.3. The van der Waals surface area contributed by atoms with Crippen molar-refractivity contribution in [2.45, 2.75) is 52.9 Å². The molecule has 1 unspecified atom stereocenters. The van der Waals surface area contributed by atoms with E-state index in [1.807, 2.05) is 6.92 Å². The van der Waals surface area contributed by atoms with E-state index in [1.54, 1.807) is 0 Å².